The van der Waals surface area contributed by atoms with Gasteiger partial charge in [-0.25, -0.2) is 29.9 Å². The smallest absolute Gasteiger partial charge is 0.164 e. The van der Waals surface area contributed by atoms with Gasteiger partial charge < -0.3 is 9.80 Å². The maximum absolute atomic E-state index is 5.02. The number of aromatic nitrogens is 6. The molecule has 0 atom stereocenters. The van der Waals surface area contributed by atoms with Crippen molar-refractivity contribution in [2.75, 3.05) is 9.80 Å². The molecule has 0 radical (unpaired) electrons. The van der Waals surface area contributed by atoms with Gasteiger partial charge in [-0.05, 0) is 96.1 Å². The zero-order valence-electron chi connectivity index (χ0n) is 40.6. The second-order valence-corrected chi connectivity index (χ2v) is 20.4. The van der Waals surface area contributed by atoms with Crippen molar-refractivity contribution in [3.8, 4) is 79.5 Å². The lowest BCUT2D eigenvalue weighted by Gasteiger charge is -2.36. The molecule has 4 heterocycles. The van der Waals surface area contributed by atoms with Gasteiger partial charge in [0.1, 0.15) is 0 Å². The molecule has 2 aliphatic heterocycles. The molecule has 2 aliphatic rings. The highest BCUT2D eigenvalue weighted by atomic mass is 32.2. The van der Waals surface area contributed by atoms with E-state index in [0.717, 1.165) is 67.5 Å². The van der Waals surface area contributed by atoms with Crippen LogP contribution in [0.3, 0.4) is 0 Å². The number of rotatable bonds is 9. The molecule has 0 saturated heterocycles. The molecule has 76 heavy (non-hydrogen) atoms. The largest absolute Gasteiger partial charge is 0.308 e. The number of benzene rings is 10. The highest BCUT2D eigenvalue weighted by Crippen LogP contribution is 2.58. The zero-order chi connectivity index (χ0) is 50.4. The van der Waals surface area contributed by atoms with E-state index in [1.807, 2.05) is 145 Å². The molecule has 0 aliphatic carbocycles. The predicted molar refractivity (Wildman–Crippen MR) is 309 cm³/mol. The van der Waals surface area contributed by atoms with Gasteiger partial charge in [-0.15, -0.1) is 0 Å². The van der Waals surface area contributed by atoms with Gasteiger partial charge in [-0.3, -0.25) is 0 Å². The van der Waals surface area contributed by atoms with Crippen LogP contribution in [-0.4, -0.2) is 29.9 Å². The first-order chi connectivity index (χ1) is 37.7. The molecule has 0 saturated carbocycles. The molecule has 8 nitrogen and oxygen atoms in total. The summed E-state index contributed by atoms with van der Waals surface area (Å²) in [4.78, 5) is 39.4. The van der Waals surface area contributed by atoms with Crippen LogP contribution in [0.4, 0.5) is 34.1 Å². The summed E-state index contributed by atoms with van der Waals surface area (Å²) < 4.78 is 0. The van der Waals surface area contributed by atoms with Crippen molar-refractivity contribution >= 4 is 57.6 Å². The Morgan fingerprint density at radius 2 is 0.487 bits per heavy atom. The molecule has 0 fully saturated rings. The Morgan fingerprint density at radius 3 is 0.803 bits per heavy atom. The van der Waals surface area contributed by atoms with E-state index in [9.17, 15) is 0 Å². The van der Waals surface area contributed by atoms with Crippen LogP contribution in [0, 0.1) is 0 Å². The van der Waals surface area contributed by atoms with E-state index in [1.54, 1.807) is 0 Å². The van der Waals surface area contributed by atoms with Crippen molar-refractivity contribution in [3.05, 3.63) is 255 Å². The number of hydrogen-bond acceptors (Lipinski definition) is 10. The number of para-hydroxylation sites is 2. The van der Waals surface area contributed by atoms with Gasteiger partial charge in [0.2, 0.25) is 0 Å². The molecule has 10 heteroatoms. The van der Waals surface area contributed by atoms with E-state index in [4.69, 9.17) is 29.9 Å². The van der Waals surface area contributed by atoms with Gasteiger partial charge >= 0.3 is 0 Å². The number of fused-ring (bicyclic) bond motifs is 4. The van der Waals surface area contributed by atoms with Crippen molar-refractivity contribution in [1.82, 2.24) is 29.9 Å². The standard InChI is InChI=1S/C66H42N8S2/c1-5-19-43(20-6-1)61-67-62(44-21-7-2-8-22-44)70-65(69-61)47-35-39-49(40-36-47)73-53-29-13-15-33-57(53)75-59-51(27-17-31-55(59)73)52-28-18-32-56-60(52)76-58-34-16-14-30-54(58)74(56)50-41-37-48(38-42-50)66-71-63(45-23-9-3-10-24-45)68-64(72-66)46-25-11-4-12-26-46/h1-42H. The van der Waals surface area contributed by atoms with E-state index in [2.05, 4.69) is 143 Å². The summed E-state index contributed by atoms with van der Waals surface area (Å²) in [5, 5.41) is 0. The van der Waals surface area contributed by atoms with Crippen molar-refractivity contribution < 1.29 is 0 Å². The Kier molecular flexibility index (Phi) is 11.5. The Labute approximate surface area is 448 Å². The first-order valence-corrected chi connectivity index (χ1v) is 26.7. The quantitative estimate of drug-likeness (QED) is 0.139. The summed E-state index contributed by atoms with van der Waals surface area (Å²) in [6.07, 6.45) is 0. The summed E-state index contributed by atoms with van der Waals surface area (Å²) >= 11 is 3.65. The molecule has 0 unspecified atom stereocenters. The summed E-state index contributed by atoms with van der Waals surface area (Å²) in [5.74, 6) is 3.77. The normalized spacial score (nSPS) is 12.3. The molecule has 14 rings (SSSR count). The predicted octanol–water partition coefficient (Wildman–Crippen LogP) is 17.6. The van der Waals surface area contributed by atoms with Crippen molar-refractivity contribution in [2.24, 2.45) is 0 Å². The lowest BCUT2D eigenvalue weighted by molar-refractivity contribution is 1.07. The maximum Gasteiger partial charge on any atom is 0.164 e. The monoisotopic (exact) mass is 1010 g/mol. The van der Waals surface area contributed by atoms with Gasteiger partial charge in [0.15, 0.2) is 34.9 Å². The number of nitrogens with zero attached hydrogens (tertiary/aromatic N) is 8. The SMILES string of the molecule is c1ccc(-c2nc(-c3ccccc3)nc(-c3ccc(N4c5ccccc5Sc5c(-c6cccc7c6Sc6ccccc6N7c6ccc(-c7nc(-c8ccccc8)nc(-c8ccccc8)n7)cc6)cccc54)cc3)n2)cc1. The Morgan fingerprint density at radius 1 is 0.224 bits per heavy atom. The molecule has 0 N–H and O–H groups in total. The Bertz CT molecular complexity index is 3720. The van der Waals surface area contributed by atoms with E-state index in [0.29, 0.717) is 34.9 Å². The number of hydrogen-bond donors (Lipinski definition) is 0. The van der Waals surface area contributed by atoms with Gasteiger partial charge in [0.05, 0.1) is 22.7 Å². The van der Waals surface area contributed by atoms with Crippen LogP contribution in [0.25, 0.3) is 79.5 Å². The lowest BCUT2D eigenvalue weighted by Crippen LogP contribution is -2.16. The average Bonchev–Trinajstić information content (AvgIpc) is 3.57. The highest BCUT2D eigenvalue weighted by molar-refractivity contribution is 8.00. The van der Waals surface area contributed by atoms with Gasteiger partial charge in [0.25, 0.3) is 0 Å². The van der Waals surface area contributed by atoms with Crippen LogP contribution in [0.5, 0.6) is 0 Å². The van der Waals surface area contributed by atoms with Crippen LogP contribution in [0.1, 0.15) is 0 Å². The summed E-state index contributed by atoms with van der Waals surface area (Å²) in [6, 6.07) is 88.4. The van der Waals surface area contributed by atoms with Crippen LogP contribution >= 0.6 is 23.5 Å². The Hall–Kier alpha value is -9.48. The molecular weight excluding hydrogens is 969 g/mol. The fourth-order valence-electron chi connectivity index (χ4n) is 9.93. The van der Waals surface area contributed by atoms with Crippen molar-refractivity contribution in [3.63, 3.8) is 0 Å². The molecule has 10 aromatic carbocycles. The highest BCUT2D eigenvalue weighted by Gasteiger charge is 2.31. The van der Waals surface area contributed by atoms with Crippen molar-refractivity contribution in [1.29, 1.82) is 0 Å². The van der Waals surface area contributed by atoms with Gasteiger partial charge in [-0.2, -0.15) is 0 Å². The fourth-order valence-corrected chi connectivity index (χ4v) is 12.3. The fraction of sp³-hybridized carbons (Fsp3) is 0. The molecular formula is C66H42N8S2. The molecule has 12 aromatic rings. The van der Waals surface area contributed by atoms with Gasteiger partial charge in [0, 0.05) is 64.3 Å². The summed E-state index contributed by atoms with van der Waals surface area (Å²) in [6.45, 7) is 0. The first kappa shape index (κ1) is 45.2. The van der Waals surface area contributed by atoms with E-state index in [-0.39, 0.29) is 0 Å². The first-order valence-electron chi connectivity index (χ1n) is 25.0. The second-order valence-electron chi connectivity index (χ2n) is 18.3. The second kappa shape index (κ2) is 19.4. The lowest BCUT2D eigenvalue weighted by atomic mass is 10.0. The maximum atomic E-state index is 5.02. The van der Waals surface area contributed by atoms with Crippen LogP contribution in [0.2, 0.25) is 0 Å². The van der Waals surface area contributed by atoms with Crippen LogP contribution in [-0.2, 0) is 0 Å². The molecule has 358 valence electrons. The molecule has 0 spiro atoms. The minimum absolute atomic E-state index is 0.618. The Balaban J connectivity index is 0.837. The zero-order valence-corrected chi connectivity index (χ0v) is 42.3. The van der Waals surface area contributed by atoms with Crippen LogP contribution in [0.15, 0.2) is 274 Å². The summed E-state index contributed by atoms with van der Waals surface area (Å²) in [7, 11) is 0. The third kappa shape index (κ3) is 8.35. The number of anilines is 6. The average molecular weight is 1010 g/mol. The minimum Gasteiger partial charge on any atom is -0.308 e. The van der Waals surface area contributed by atoms with Gasteiger partial charge in [-0.1, -0.05) is 193 Å². The minimum atomic E-state index is 0.618. The van der Waals surface area contributed by atoms with E-state index >= 15 is 0 Å². The van der Waals surface area contributed by atoms with E-state index in [1.165, 1.54) is 30.7 Å². The third-order valence-electron chi connectivity index (χ3n) is 13.6. The molecule has 2 aromatic heterocycles. The van der Waals surface area contributed by atoms with E-state index < -0.39 is 0 Å². The topological polar surface area (TPSA) is 83.8 Å². The van der Waals surface area contributed by atoms with Crippen molar-refractivity contribution in [2.45, 2.75) is 19.6 Å². The van der Waals surface area contributed by atoms with Crippen LogP contribution < -0.4 is 9.80 Å². The summed E-state index contributed by atoms with van der Waals surface area (Å²) in [5.41, 5.74) is 14.4. The third-order valence-corrected chi connectivity index (χ3v) is 16.0. The molecule has 0 bridgehead atoms. The molecule has 0 amide bonds.